The molecule has 0 bridgehead atoms. The molecule has 0 fully saturated rings. The molecular formula is C18H26N4S. The molecule has 5 heteroatoms. The summed E-state index contributed by atoms with van der Waals surface area (Å²) in [5.41, 5.74) is 8.45. The van der Waals surface area contributed by atoms with E-state index in [4.69, 9.17) is 5.73 Å². The molecule has 0 aliphatic rings. The number of rotatable bonds is 8. The third-order valence-corrected chi connectivity index (χ3v) is 4.55. The first-order valence-corrected chi connectivity index (χ1v) is 8.85. The quantitative estimate of drug-likeness (QED) is 0.444. The molecule has 1 aromatic heterocycles. The molecule has 4 nitrogen and oxygen atoms in total. The van der Waals surface area contributed by atoms with Gasteiger partial charge in [-0.3, -0.25) is 4.99 Å². The smallest absolute Gasteiger partial charge is 0.188 e. The maximum absolute atomic E-state index is 5.88. The first-order chi connectivity index (χ1) is 11.1. The van der Waals surface area contributed by atoms with Crippen LogP contribution in [0.15, 0.2) is 46.8 Å². The number of thiophene rings is 1. The number of anilines is 1. The Morgan fingerprint density at radius 3 is 2.61 bits per heavy atom. The van der Waals surface area contributed by atoms with Crippen molar-refractivity contribution in [2.75, 3.05) is 32.1 Å². The highest BCUT2D eigenvalue weighted by atomic mass is 32.1. The van der Waals surface area contributed by atoms with E-state index in [1.54, 1.807) is 11.3 Å². The van der Waals surface area contributed by atoms with E-state index in [2.05, 4.69) is 71.1 Å². The Morgan fingerprint density at radius 2 is 1.96 bits per heavy atom. The molecule has 2 rings (SSSR count). The largest absolute Gasteiger partial charge is 0.378 e. The lowest BCUT2D eigenvalue weighted by atomic mass is 10.1. The van der Waals surface area contributed by atoms with E-state index < -0.39 is 0 Å². The SMILES string of the molecule is CN(C)c1ccc(CCCN=C(N)NCCc2cccs2)cc1. The number of guanidine groups is 1. The van der Waals surface area contributed by atoms with E-state index in [0.717, 1.165) is 32.4 Å². The van der Waals surface area contributed by atoms with Crippen LogP contribution in [0.2, 0.25) is 0 Å². The molecule has 1 heterocycles. The second kappa shape index (κ2) is 9.20. The average Bonchev–Trinajstić information content (AvgIpc) is 3.05. The van der Waals surface area contributed by atoms with Gasteiger partial charge in [-0.25, -0.2) is 0 Å². The molecule has 0 aliphatic heterocycles. The highest BCUT2D eigenvalue weighted by Gasteiger charge is 1.98. The van der Waals surface area contributed by atoms with Gasteiger partial charge in [0.25, 0.3) is 0 Å². The van der Waals surface area contributed by atoms with Gasteiger partial charge < -0.3 is 16.0 Å². The van der Waals surface area contributed by atoms with E-state index in [-0.39, 0.29) is 0 Å². The van der Waals surface area contributed by atoms with Crippen LogP contribution >= 0.6 is 11.3 Å². The Balaban J connectivity index is 1.63. The minimum absolute atomic E-state index is 0.546. The van der Waals surface area contributed by atoms with Gasteiger partial charge in [-0.05, 0) is 48.4 Å². The summed E-state index contributed by atoms with van der Waals surface area (Å²) in [6.45, 7) is 1.59. The van der Waals surface area contributed by atoms with Crippen LogP contribution in [0.4, 0.5) is 5.69 Å². The zero-order chi connectivity index (χ0) is 16.5. The molecular weight excluding hydrogens is 304 g/mol. The van der Waals surface area contributed by atoms with Gasteiger partial charge in [-0.2, -0.15) is 0 Å². The van der Waals surface area contributed by atoms with Gasteiger partial charge in [0.15, 0.2) is 5.96 Å². The van der Waals surface area contributed by atoms with Gasteiger partial charge in [0, 0.05) is 37.7 Å². The van der Waals surface area contributed by atoms with Gasteiger partial charge in [0.2, 0.25) is 0 Å². The van der Waals surface area contributed by atoms with E-state index in [1.165, 1.54) is 16.1 Å². The topological polar surface area (TPSA) is 53.6 Å². The predicted octanol–water partition coefficient (Wildman–Crippen LogP) is 2.89. The fourth-order valence-electron chi connectivity index (χ4n) is 2.27. The number of nitrogens with one attached hydrogen (secondary N) is 1. The Labute approximate surface area is 143 Å². The predicted molar refractivity (Wildman–Crippen MR) is 102 cm³/mol. The van der Waals surface area contributed by atoms with Crippen molar-refractivity contribution in [2.24, 2.45) is 10.7 Å². The number of benzene rings is 1. The molecule has 0 spiro atoms. The van der Waals surface area contributed by atoms with Gasteiger partial charge in [0.05, 0.1) is 0 Å². The summed E-state index contributed by atoms with van der Waals surface area (Å²) in [6, 6.07) is 12.9. The van der Waals surface area contributed by atoms with E-state index in [9.17, 15) is 0 Å². The Bertz CT molecular complexity index is 588. The lowest BCUT2D eigenvalue weighted by Gasteiger charge is -2.12. The van der Waals surface area contributed by atoms with Crippen molar-refractivity contribution in [2.45, 2.75) is 19.3 Å². The lowest BCUT2D eigenvalue weighted by molar-refractivity contribution is 0.810. The van der Waals surface area contributed by atoms with Crippen LogP contribution in [0.5, 0.6) is 0 Å². The summed E-state index contributed by atoms with van der Waals surface area (Å²) in [6.07, 6.45) is 3.03. The lowest BCUT2D eigenvalue weighted by Crippen LogP contribution is -2.33. The van der Waals surface area contributed by atoms with Gasteiger partial charge in [0.1, 0.15) is 0 Å². The second-order valence-electron chi connectivity index (χ2n) is 5.69. The minimum Gasteiger partial charge on any atom is -0.378 e. The highest BCUT2D eigenvalue weighted by Crippen LogP contribution is 2.13. The van der Waals surface area contributed by atoms with Crippen LogP contribution in [0.25, 0.3) is 0 Å². The third-order valence-electron chi connectivity index (χ3n) is 3.62. The number of hydrogen-bond acceptors (Lipinski definition) is 3. The Hall–Kier alpha value is -2.01. The summed E-state index contributed by atoms with van der Waals surface area (Å²) >= 11 is 1.77. The zero-order valence-corrected chi connectivity index (χ0v) is 14.8. The van der Waals surface area contributed by atoms with Gasteiger partial charge in [-0.1, -0.05) is 18.2 Å². The van der Waals surface area contributed by atoms with Crippen molar-refractivity contribution in [1.29, 1.82) is 0 Å². The summed E-state index contributed by atoms with van der Waals surface area (Å²) in [4.78, 5) is 7.86. The van der Waals surface area contributed by atoms with E-state index in [1.807, 2.05) is 0 Å². The monoisotopic (exact) mass is 330 g/mol. The van der Waals surface area contributed by atoms with Crippen LogP contribution in [0, 0.1) is 0 Å². The number of nitrogens with two attached hydrogens (primary N) is 1. The molecule has 0 radical (unpaired) electrons. The van der Waals surface area contributed by atoms with Crippen molar-refractivity contribution in [3.8, 4) is 0 Å². The normalized spacial score (nSPS) is 11.5. The molecule has 0 atom stereocenters. The molecule has 2 aromatic rings. The number of nitrogens with zero attached hydrogens (tertiary/aromatic N) is 2. The summed E-state index contributed by atoms with van der Waals surface area (Å²) in [5, 5.41) is 5.26. The molecule has 1 aromatic carbocycles. The molecule has 0 saturated heterocycles. The van der Waals surface area contributed by atoms with Crippen molar-refractivity contribution in [3.05, 3.63) is 52.2 Å². The Kier molecular flexibility index (Phi) is 6.94. The average molecular weight is 331 g/mol. The third kappa shape index (κ3) is 6.32. The molecule has 3 N–H and O–H groups in total. The maximum Gasteiger partial charge on any atom is 0.188 e. The van der Waals surface area contributed by atoms with Crippen molar-refractivity contribution in [3.63, 3.8) is 0 Å². The van der Waals surface area contributed by atoms with Crippen LogP contribution in [-0.2, 0) is 12.8 Å². The number of hydrogen-bond donors (Lipinski definition) is 2. The number of aliphatic imine (C=N–C) groups is 1. The second-order valence-corrected chi connectivity index (χ2v) is 6.72. The first kappa shape index (κ1) is 17.3. The van der Waals surface area contributed by atoms with Crippen LogP contribution in [-0.4, -0.2) is 33.1 Å². The van der Waals surface area contributed by atoms with Crippen LogP contribution in [0.3, 0.4) is 0 Å². The van der Waals surface area contributed by atoms with E-state index in [0.29, 0.717) is 5.96 Å². The molecule has 0 amide bonds. The molecule has 0 saturated carbocycles. The molecule has 0 aliphatic carbocycles. The van der Waals surface area contributed by atoms with Crippen molar-refractivity contribution >= 4 is 23.0 Å². The molecule has 124 valence electrons. The molecule has 23 heavy (non-hydrogen) atoms. The first-order valence-electron chi connectivity index (χ1n) is 7.97. The zero-order valence-electron chi connectivity index (χ0n) is 14.0. The number of aryl methyl sites for hydroxylation is 1. The van der Waals surface area contributed by atoms with Crippen molar-refractivity contribution in [1.82, 2.24) is 5.32 Å². The van der Waals surface area contributed by atoms with Gasteiger partial charge >= 0.3 is 0 Å². The minimum atomic E-state index is 0.546. The fourth-order valence-corrected chi connectivity index (χ4v) is 2.98. The summed E-state index contributed by atoms with van der Waals surface area (Å²) < 4.78 is 0. The maximum atomic E-state index is 5.88. The van der Waals surface area contributed by atoms with Crippen LogP contribution in [0.1, 0.15) is 16.9 Å². The van der Waals surface area contributed by atoms with Crippen LogP contribution < -0.4 is 16.0 Å². The summed E-state index contributed by atoms with van der Waals surface area (Å²) in [7, 11) is 4.11. The molecule has 0 unspecified atom stereocenters. The van der Waals surface area contributed by atoms with Crippen molar-refractivity contribution < 1.29 is 0 Å². The summed E-state index contributed by atoms with van der Waals surface area (Å²) in [5.74, 6) is 0.546. The standard InChI is InChI=1S/C18H26N4S/c1-22(2)16-9-7-15(8-10-16)5-3-12-20-18(19)21-13-11-17-6-4-14-23-17/h4,6-10,14H,3,5,11-13H2,1-2H3,(H3,19,20,21). The van der Waals surface area contributed by atoms with Gasteiger partial charge in [-0.15, -0.1) is 11.3 Å². The van der Waals surface area contributed by atoms with E-state index >= 15 is 0 Å². The Morgan fingerprint density at radius 1 is 1.17 bits per heavy atom. The highest BCUT2D eigenvalue weighted by molar-refractivity contribution is 7.09. The fraction of sp³-hybridized carbons (Fsp3) is 0.389.